The first kappa shape index (κ1) is 24.6. The van der Waals surface area contributed by atoms with E-state index in [0.717, 1.165) is 11.3 Å². The van der Waals surface area contributed by atoms with Gasteiger partial charge in [0, 0.05) is 40.5 Å². The highest BCUT2D eigenvalue weighted by molar-refractivity contribution is 6.31. The molecule has 0 radical (unpaired) electrons. The Morgan fingerprint density at radius 2 is 1.88 bits per heavy atom. The molecule has 3 rings (SSSR count). The van der Waals surface area contributed by atoms with Crippen molar-refractivity contribution in [1.82, 2.24) is 14.5 Å². The number of hydrogen-bond acceptors (Lipinski definition) is 3. The highest BCUT2D eigenvalue weighted by atomic mass is 35.5. The number of carbonyl (C=O) groups excluding carboxylic acids is 2. The van der Waals surface area contributed by atoms with Gasteiger partial charge in [0.25, 0.3) is 0 Å². The van der Waals surface area contributed by atoms with E-state index < -0.39 is 0 Å². The fourth-order valence-corrected chi connectivity index (χ4v) is 3.59. The van der Waals surface area contributed by atoms with Crippen LogP contribution in [-0.4, -0.2) is 39.4 Å². The van der Waals surface area contributed by atoms with E-state index in [0.29, 0.717) is 28.1 Å². The molecule has 172 valence electrons. The van der Waals surface area contributed by atoms with E-state index in [9.17, 15) is 9.59 Å². The number of nitrogens with one attached hydrogen (secondary N) is 1. The molecular weight excluding hydrogens is 459 g/mol. The molecular formula is C25H26Cl2N4O2. The summed E-state index contributed by atoms with van der Waals surface area (Å²) in [6.45, 7) is 7.81. The van der Waals surface area contributed by atoms with Crippen LogP contribution >= 0.6 is 23.2 Å². The normalized spacial score (nSPS) is 10.8. The zero-order chi connectivity index (χ0) is 24.0. The first-order valence-corrected chi connectivity index (χ1v) is 11.3. The van der Waals surface area contributed by atoms with Gasteiger partial charge in [-0.1, -0.05) is 61.3 Å². The van der Waals surface area contributed by atoms with E-state index in [1.807, 2.05) is 44.3 Å². The maximum Gasteiger partial charge on any atom is 0.246 e. The predicted octanol–water partition coefficient (Wildman–Crippen LogP) is 5.85. The van der Waals surface area contributed by atoms with Crippen molar-refractivity contribution in [3.8, 4) is 16.9 Å². The number of carbonyl (C=O) groups is 2. The Labute approximate surface area is 203 Å². The lowest BCUT2D eigenvalue weighted by molar-refractivity contribution is -0.134. The summed E-state index contributed by atoms with van der Waals surface area (Å²) < 4.78 is 1.75. The minimum absolute atomic E-state index is 0.0971. The Morgan fingerprint density at radius 1 is 1.15 bits per heavy atom. The summed E-state index contributed by atoms with van der Waals surface area (Å²) in [5.74, 6) is 0.0594. The third-order valence-electron chi connectivity index (χ3n) is 4.80. The van der Waals surface area contributed by atoms with Crippen molar-refractivity contribution in [3.05, 3.63) is 77.4 Å². The molecule has 8 heteroatoms. The van der Waals surface area contributed by atoms with Gasteiger partial charge in [-0.3, -0.25) is 19.5 Å². The third kappa shape index (κ3) is 6.70. The van der Waals surface area contributed by atoms with Gasteiger partial charge in [0.15, 0.2) is 0 Å². The molecule has 1 heterocycles. The zero-order valence-corrected chi connectivity index (χ0v) is 20.1. The van der Waals surface area contributed by atoms with E-state index >= 15 is 0 Å². The minimum atomic E-state index is -0.356. The maximum absolute atomic E-state index is 12.9. The van der Waals surface area contributed by atoms with E-state index in [4.69, 9.17) is 23.2 Å². The number of benzene rings is 2. The number of hydrogen-bond donors (Lipinski definition) is 1. The third-order valence-corrected chi connectivity index (χ3v) is 5.29. The molecule has 6 nitrogen and oxygen atoms in total. The van der Waals surface area contributed by atoms with Gasteiger partial charge >= 0.3 is 0 Å². The Bertz CT molecular complexity index is 1140. The van der Waals surface area contributed by atoms with Gasteiger partial charge < -0.3 is 4.90 Å². The van der Waals surface area contributed by atoms with Gasteiger partial charge in [-0.2, -0.15) is 0 Å². The average molecular weight is 485 g/mol. The van der Waals surface area contributed by atoms with Crippen molar-refractivity contribution in [1.29, 1.82) is 0 Å². The minimum Gasteiger partial charge on any atom is -0.330 e. The molecule has 3 aromatic rings. The Morgan fingerprint density at radius 3 is 2.52 bits per heavy atom. The molecule has 0 aliphatic carbocycles. The van der Waals surface area contributed by atoms with Crippen LogP contribution in [0.15, 0.2) is 67.4 Å². The SMILES string of the molecule is C=CCN(CC(=O)Nc1nc(-c2ccc(Cl)cc2)cn1-c1cccc(Cl)c1)C(=O)CC(C)C. The van der Waals surface area contributed by atoms with Crippen molar-refractivity contribution < 1.29 is 9.59 Å². The number of anilines is 1. The van der Waals surface area contributed by atoms with Gasteiger partial charge in [0.1, 0.15) is 6.54 Å². The van der Waals surface area contributed by atoms with Crippen LogP contribution in [-0.2, 0) is 9.59 Å². The highest BCUT2D eigenvalue weighted by Crippen LogP contribution is 2.26. The lowest BCUT2D eigenvalue weighted by atomic mass is 10.1. The van der Waals surface area contributed by atoms with Crippen LogP contribution in [0.25, 0.3) is 16.9 Å². The number of nitrogens with zero attached hydrogens (tertiary/aromatic N) is 3. The molecule has 1 aromatic heterocycles. The lowest BCUT2D eigenvalue weighted by Gasteiger charge is -2.21. The summed E-state index contributed by atoms with van der Waals surface area (Å²) >= 11 is 12.2. The topological polar surface area (TPSA) is 67.2 Å². The summed E-state index contributed by atoms with van der Waals surface area (Å²) in [7, 11) is 0. The first-order chi connectivity index (χ1) is 15.8. The Hall–Kier alpha value is -3.09. The standard InChI is InChI=1S/C25H26Cl2N4O2/c1-4-12-30(24(33)13-17(2)3)16-23(32)29-25-28-22(18-8-10-19(26)11-9-18)15-31(25)21-7-5-6-20(27)14-21/h4-11,14-15,17H,1,12-13,16H2,2-3H3,(H,28,29,32). The smallest absolute Gasteiger partial charge is 0.246 e. The first-order valence-electron chi connectivity index (χ1n) is 10.6. The Balaban J connectivity index is 1.90. The van der Waals surface area contributed by atoms with Crippen molar-refractivity contribution in [2.45, 2.75) is 20.3 Å². The molecule has 1 N–H and O–H groups in total. The van der Waals surface area contributed by atoms with Gasteiger partial charge in [-0.15, -0.1) is 6.58 Å². The predicted molar refractivity (Wildman–Crippen MR) is 134 cm³/mol. The largest absolute Gasteiger partial charge is 0.330 e. The lowest BCUT2D eigenvalue weighted by Crippen LogP contribution is -2.38. The maximum atomic E-state index is 12.9. The second-order valence-electron chi connectivity index (χ2n) is 8.02. The average Bonchev–Trinajstić information content (AvgIpc) is 3.17. The zero-order valence-electron chi connectivity index (χ0n) is 18.6. The second kappa shape index (κ2) is 11.2. The molecule has 0 saturated carbocycles. The molecule has 0 fully saturated rings. The summed E-state index contributed by atoms with van der Waals surface area (Å²) in [5.41, 5.74) is 2.24. The van der Waals surface area contributed by atoms with Crippen LogP contribution in [0.2, 0.25) is 10.0 Å². The quantitative estimate of drug-likeness (QED) is 0.387. The monoisotopic (exact) mass is 484 g/mol. The summed E-state index contributed by atoms with van der Waals surface area (Å²) in [6.07, 6.45) is 3.78. The molecule has 0 spiro atoms. The van der Waals surface area contributed by atoms with Crippen molar-refractivity contribution in [3.63, 3.8) is 0 Å². The molecule has 33 heavy (non-hydrogen) atoms. The van der Waals surface area contributed by atoms with Crippen LogP contribution in [0.3, 0.4) is 0 Å². The summed E-state index contributed by atoms with van der Waals surface area (Å²) in [4.78, 5) is 31.5. The van der Waals surface area contributed by atoms with E-state index in [-0.39, 0.29) is 30.8 Å². The molecule has 0 bridgehead atoms. The summed E-state index contributed by atoms with van der Waals surface area (Å²) in [6, 6.07) is 14.5. The van der Waals surface area contributed by atoms with Gasteiger partial charge in [-0.25, -0.2) is 4.98 Å². The van der Waals surface area contributed by atoms with Gasteiger partial charge in [0.05, 0.1) is 5.69 Å². The van der Waals surface area contributed by atoms with Crippen LogP contribution in [0.4, 0.5) is 5.95 Å². The highest BCUT2D eigenvalue weighted by Gasteiger charge is 2.19. The molecule has 0 aliphatic rings. The van der Waals surface area contributed by atoms with Gasteiger partial charge in [-0.05, 0) is 36.2 Å². The van der Waals surface area contributed by atoms with Crippen LogP contribution in [0, 0.1) is 5.92 Å². The molecule has 2 amide bonds. The molecule has 0 atom stereocenters. The number of amides is 2. The number of aromatic nitrogens is 2. The fourth-order valence-electron chi connectivity index (χ4n) is 3.28. The van der Waals surface area contributed by atoms with Crippen LogP contribution in [0.1, 0.15) is 20.3 Å². The van der Waals surface area contributed by atoms with Crippen molar-refractivity contribution >= 4 is 41.0 Å². The van der Waals surface area contributed by atoms with E-state index in [1.165, 1.54) is 4.90 Å². The summed E-state index contributed by atoms with van der Waals surface area (Å²) in [5, 5.41) is 4.02. The molecule has 0 saturated heterocycles. The van der Waals surface area contributed by atoms with E-state index in [1.54, 1.807) is 34.9 Å². The van der Waals surface area contributed by atoms with Crippen LogP contribution in [0.5, 0.6) is 0 Å². The van der Waals surface area contributed by atoms with Crippen molar-refractivity contribution in [2.24, 2.45) is 5.92 Å². The second-order valence-corrected chi connectivity index (χ2v) is 8.89. The molecule has 2 aromatic carbocycles. The van der Waals surface area contributed by atoms with E-state index in [2.05, 4.69) is 16.9 Å². The Kier molecular flexibility index (Phi) is 8.31. The van der Waals surface area contributed by atoms with Crippen molar-refractivity contribution in [2.75, 3.05) is 18.4 Å². The number of rotatable bonds is 9. The number of imidazole rings is 1. The number of halogens is 2. The van der Waals surface area contributed by atoms with Gasteiger partial charge in [0.2, 0.25) is 17.8 Å². The molecule has 0 unspecified atom stereocenters. The van der Waals surface area contributed by atoms with Crippen LogP contribution < -0.4 is 5.32 Å². The fraction of sp³-hybridized carbons (Fsp3) is 0.240. The molecule has 0 aliphatic heterocycles.